The predicted octanol–water partition coefficient (Wildman–Crippen LogP) is 2.43. The molecular formula is C15H15F2N3O4. The minimum Gasteiger partial charge on any atom is -0.459 e. The van der Waals surface area contributed by atoms with Crippen molar-refractivity contribution in [3.63, 3.8) is 0 Å². The Balaban J connectivity index is 1.67. The van der Waals surface area contributed by atoms with Gasteiger partial charge in [0.15, 0.2) is 5.76 Å². The standard InChI is InChI=1S/C15H15F2N3O4/c16-14(17)24-11-5-3-10(4-6-11)20-15(22)19-8-7-18-13(21)12-2-1-9-23-12/h1-6,9,14H,7-8H2,(H,18,21)(H2,19,20,22). The molecule has 0 spiro atoms. The van der Waals surface area contributed by atoms with Gasteiger partial charge in [-0.05, 0) is 36.4 Å². The Morgan fingerprint density at radius 1 is 1.08 bits per heavy atom. The van der Waals surface area contributed by atoms with E-state index in [1.165, 1.54) is 36.6 Å². The van der Waals surface area contributed by atoms with Crippen molar-refractivity contribution < 1.29 is 27.5 Å². The normalized spacial score (nSPS) is 10.3. The summed E-state index contributed by atoms with van der Waals surface area (Å²) in [5.74, 6) is -0.195. The van der Waals surface area contributed by atoms with Crippen LogP contribution >= 0.6 is 0 Å². The lowest BCUT2D eigenvalue weighted by Crippen LogP contribution is -2.36. The fourth-order valence-corrected chi connectivity index (χ4v) is 1.74. The number of benzene rings is 1. The van der Waals surface area contributed by atoms with Crippen LogP contribution in [-0.4, -0.2) is 31.6 Å². The molecule has 9 heteroatoms. The Morgan fingerprint density at radius 3 is 2.42 bits per heavy atom. The zero-order valence-electron chi connectivity index (χ0n) is 12.4. The second-order valence-electron chi connectivity index (χ2n) is 4.52. The fourth-order valence-electron chi connectivity index (χ4n) is 1.74. The minimum absolute atomic E-state index is 0.00315. The molecule has 3 N–H and O–H groups in total. The molecule has 24 heavy (non-hydrogen) atoms. The van der Waals surface area contributed by atoms with Gasteiger partial charge < -0.3 is 25.1 Å². The first-order valence-electron chi connectivity index (χ1n) is 6.96. The molecule has 0 aliphatic rings. The summed E-state index contributed by atoms with van der Waals surface area (Å²) in [5.41, 5.74) is 0.411. The number of furan rings is 1. The Hall–Kier alpha value is -3.10. The third-order valence-corrected chi connectivity index (χ3v) is 2.78. The molecular weight excluding hydrogens is 324 g/mol. The Morgan fingerprint density at radius 2 is 1.79 bits per heavy atom. The van der Waals surface area contributed by atoms with E-state index in [1.54, 1.807) is 6.07 Å². The first-order chi connectivity index (χ1) is 11.5. The van der Waals surface area contributed by atoms with Crippen LogP contribution in [0.4, 0.5) is 19.3 Å². The molecule has 0 atom stereocenters. The van der Waals surface area contributed by atoms with E-state index in [2.05, 4.69) is 20.7 Å². The number of urea groups is 1. The number of amides is 3. The quantitative estimate of drug-likeness (QED) is 0.676. The van der Waals surface area contributed by atoms with Crippen LogP contribution in [-0.2, 0) is 0 Å². The summed E-state index contributed by atoms with van der Waals surface area (Å²) in [7, 11) is 0. The molecule has 128 valence electrons. The monoisotopic (exact) mass is 339 g/mol. The summed E-state index contributed by atoms with van der Waals surface area (Å²) in [6.45, 7) is -2.48. The molecule has 1 aromatic carbocycles. The van der Waals surface area contributed by atoms with Crippen LogP contribution in [0.25, 0.3) is 0 Å². The molecule has 2 aromatic rings. The number of ether oxygens (including phenoxy) is 1. The van der Waals surface area contributed by atoms with Crippen molar-refractivity contribution in [2.24, 2.45) is 0 Å². The molecule has 0 radical (unpaired) electrons. The van der Waals surface area contributed by atoms with Gasteiger partial charge >= 0.3 is 12.6 Å². The number of carbonyl (C=O) groups excluding carboxylic acids is 2. The molecule has 0 bridgehead atoms. The van der Waals surface area contributed by atoms with E-state index in [0.717, 1.165) is 0 Å². The lowest BCUT2D eigenvalue weighted by Gasteiger charge is -2.09. The zero-order valence-corrected chi connectivity index (χ0v) is 12.4. The highest BCUT2D eigenvalue weighted by Gasteiger charge is 2.08. The van der Waals surface area contributed by atoms with Crippen molar-refractivity contribution in [3.8, 4) is 5.75 Å². The van der Waals surface area contributed by atoms with Crippen LogP contribution < -0.4 is 20.7 Å². The van der Waals surface area contributed by atoms with Crippen LogP contribution in [0.2, 0.25) is 0 Å². The van der Waals surface area contributed by atoms with Crippen LogP contribution in [0.15, 0.2) is 47.1 Å². The van der Waals surface area contributed by atoms with Crippen LogP contribution in [0.5, 0.6) is 5.75 Å². The molecule has 7 nitrogen and oxygen atoms in total. The largest absolute Gasteiger partial charge is 0.459 e. The van der Waals surface area contributed by atoms with Gasteiger partial charge in [0.2, 0.25) is 0 Å². The average molecular weight is 339 g/mol. The van der Waals surface area contributed by atoms with Gasteiger partial charge in [0.25, 0.3) is 5.91 Å². The molecule has 0 saturated heterocycles. The van der Waals surface area contributed by atoms with Crippen molar-refractivity contribution in [3.05, 3.63) is 48.4 Å². The maximum absolute atomic E-state index is 12.0. The average Bonchev–Trinajstić information content (AvgIpc) is 3.07. The van der Waals surface area contributed by atoms with Crippen molar-refractivity contribution in [1.82, 2.24) is 10.6 Å². The highest BCUT2D eigenvalue weighted by atomic mass is 19.3. The summed E-state index contributed by atoms with van der Waals surface area (Å²) in [4.78, 5) is 23.2. The number of anilines is 1. The molecule has 3 amide bonds. The molecule has 0 fully saturated rings. The lowest BCUT2D eigenvalue weighted by molar-refractivity contribution is -0.0498. The van der Waals surface area contributed by atoms with Gasteiger partial charge in [-0.25, -0.2) is 4.79 Å². The minimum atomic E-state index is -2.90. The van der Waals surface area contributed by atoms with E-state index in [-0.39, 0.29) is 30.5 Å². The van der Waals surface area contributed by atoms with Crippen molar-refractivity contribution in [2.45, 2.75) is 6.61 Å². The number of hydrogen-bond donors (Lipinski definition) is 3. The number of alkyl halides is 2. The van der Waals surface area contributed by atoms with Crippen LogP contribution in [0, 0.1) is 0 Å². The molecule has 1 aromatic heterocycles. The Kier molecular flexibility index (Phi) is 6.12. The number of nitrogens with one attached hydrogen (secondary N) is 3. The van der Waals surface area contributed by atoms with Gasteiger partial charge in [-0.3, -0.25) is 4.79 Å². The number of carbonyl (C=O) groups is 2. The lowest BCUT2D eigenvalue weighted by atomic mass is 10.3. The van der Waals surface area contributed by atoms with Gasteiger partial charge in [-0.15, -0.1) is 0 Å². The second-order valence-corrected chi connectivity index (χ2v) is 4.52. The van der Waals surface area contributed by atoms with E-state index >= 15 is 0 Å². The molecule has 1 heterocycles. The third kappa shape index (κ3) is 5.59. The highest BCUT2D eigenvalue weighted by molar-refractivity contribution is 5.91. The highest BCUT2D eigenvalue weighted by Crippen LogP contribution is 2.17. The second kappa shape index (κ2) is 8.51. The summed E-state index contributed by atoms with van der Waals surface area (Å²) in [5, 5.41) is 7.61. The molecule has 2 rings (SSSR count). The summed E-state index contributed by atoms with van der Waals surface area (Å²) in [6.07, 6.45) is 1.39. The summed E-state index contributed by atoms with van der Waals surface area (Å²) < 4.78 is 33.1. The molecule has 0 aliphatic heterocycles. The van der Waals surface area contributed by atoms with Gasteiger partial charge in [-0.1, -0.05) is 0 Å². The number of halogens is 2. The van der Waals surface area contributed by atoms with E-state index < -0.39 is 12.6 Å². The first-order valence-corrected chi connectivity index (χ1v) is 6.96. The van der Waals surface area contributed by atoms with Crippen molar-refractivity contribution in [1.29, 1.82) is 0 Å². The maximum Gasteiger partial charge on any atom is 0.387 e. The predicted molar refractivity (Wildman–Crippen MR) is 81.1 cm³/mol. The number of rotatable bonds is 7. The van der Waals surface area contributed by atoms with Crippen LogP contribution in [0.1, 0.15) is 10.6 Å². The summed E-state index contributed by atoms with van der Waals surface area (Å²) >= 11 is 0. The summed E-state index contributed by atoms with van der Waals surface area (Å²) in [6, 6.07) is 8.10. The molecule has 0 aliphatic carbocycles. The Labute approximate surface area is 136 Å². The smallest absolute Gasteiger partial charge is 0.387 e. The van der Waals surface area contributed by atoms with Crippen LogP contribution in [0.3, 0.4) is 0 Å². The van der Waals surface area contributed by atoms with E-state index in [4.69, 9.17) is 4.42 Å². The topological polar surface area (TPSA) is 92.6 Å². The maximum atomic E-state index is 12.0. The first kappa shape index (κ1) is 17.3. The fraction of sp³-hybridized carbons (Fsp3) is 0.200. The van der Waals surface area contributed by atoms with E-state index in [0.29, 0.717) is 5.69 Å². The molecule has 0 unspecified atom stereocenters. The van der Waals surface area contributed by atoms with Crippen molar-refractivity contribution >= 4 is 17.6 Å². The third-order valence-electron chi connectivity index (χ3n) is 2.78. The van der Waals surface area contributed by atoms with Gasteiger partial charge in [0.05, 0.1) is 6.26 Å². The van der Waals surface area contributed by atoms with Gasteiger partial charge in [-0.2, -0.15) is 8.78 Å². The van der Waals surface area contributed by atoms with Gasteiger partial charge in [0, 0.05) is 18.8 Å². The molecule has 0 saturated carbocycles. The SMILES string of the molecule is O=C(NCCNC(=O)c1ccco1)Nc1ccc(OC(F)F)cc1. The van der Waals surface area contributed by atoms with Gasteiger partial charge in [0.1, 0.15) is 5.75 Å². The van der Waals surface area contributed by atoms with Crippen molar-refractivity contribution in [2.75, 3.05) is 18.4 Å². The van der Waals surface area contributed by atoms with E-state index in [9.17, 15) is 18.4 Å². The zero-order chi connectivity index (χ0) is 17.4. The van der Waals surface area contributed by atoms with E-state index in [1.807, 2.05) is 0 Å². The number of hydrogen-bond acceptors (Lipinski definition) is 4. The Bertz CT molecular complexity index is 660.